The molecule has 1 unspecified atom stereocenters. The Morgan fingerprint density at radius 1 is 1.09 bits per heavy atom. The maximum Gasteiger partial charge on any atom is 0.240 e. The molecule has 0 bridgehead atoms. The van der Waals surface area contributed by atoms with Crippen LogP contribution in [0.15, 0.2) is 82.6 Å². The molecule has 0 spiro atoms. The number of furan rings is 1. The first kappa shape index (κ1) is 22.7. The van der Waals surface area contributed by atoms with Gasteiger partial charge < -0.3 is 14.1 Å². The number of nitrogens with zero attached hydrogens (tertiary/aromatic N) is 4. The second-order valence-electron chi connectivity index (χ2n) is 7.38. The number of anilines is 1. The maximum absolute atomic E-state index is 13.3. The van der Waals surface area contributed by atoms with Gasteiger partial charge in [0.1, 0.15) is 11.5 Å². The van der Waals surface area contributed by atoms with E-state index in [1.54, 1.807) is 18.3 Å². The average molecular weight is 463 g/mol. The second-order valence-corrected chi connectivity index (χ2v) is 8.69. The lowest BCUT2D eigenvalue weighted by Crippen LogP contribution is -2.36. The van der Waals surface area contributed by atoms with Crippen molar-refractivity contribution in [1.82, 2.24) is 14.8 Å². The fraction of sp³-hybridized carbons (Fsp3) is 0.240. The molecule has 4 aromatic rings. The van der Waals surface area contributed by atoms with Crippen LogP contribution in [0.25, 0.3) is 11.4 Å². The van der Waals surface area contributed by atoms with Crippen molar-refractivity contribution < 1.29 is 13.9 Å². The summed E-state index contributed by atoms with van der Waals surface area (Å²) in [5.41, 5.74) is 1.79. The molecule has 0 aliphatic carbocycles. The molecule has 0 aliphatic rings. The van der Waals surface area contributed by atoms with Crippen molar-refractivity contribution in [2.75, 3.05) is 18.6 Å². The van der Waals surface area contributed by atoms with Gasteiger partial charge in [-0.25, -0.2) is 0 Å². The Kier molecular flexibility index (Phi) is 7.14. The van der Waals surface area contributed by atoms with E-state index in [1.807, 2.05) is 85.1 Å². The SMILES string of the molecule is CCN(C(=O)C(C)Sc1nnc(-c2ccc(OC)cc2)n1Cc1ccco1)c1ccccc1. The summed E-state index contributed by atoms with van der Waals surface area (Å²) in [4.78, 5) is 15.1. The molecule has 2 aromatic carbocycles. The zero-order valence-electron chi connectivity index (χ0n) is 18.8. The highest BCUT2D eigenvalue weighted by Crippen LogP contribution is 2.30. The van der Waals surface area contributed by atoms with E-state index in [9.17, 15) is 4.79 Å². The van der Waals surface area contributed by atoms with Gasteiger partial charge in [-0.3, -0.25) is 9.36 Å². The van der Waals surface area contributed by atoms with Crippen LogP contribution in [0, 0.1) is 0 Å². The van der Waals surface area contributed by atoms with Crippen LogP contribution in [0.4, 0.5) is 5.69 Å². The summed E-state index contributed by atoms with van der Waals surface area (Å²) in [7, 11) is 1.64. The summed E-state index contributed by atoms with van der Waals surface area (Å²) in [6.45, 7) is 4.92. The third-order valence-electron chi connectivity index (χ3n) is 5.24. The molecule has 2 aromatic heterocycles. The lowest BCUT2D eigenvalue weighted by molar-refractivity contribution is -0.117. The number of thioether (sulfide) groups is 1. The molecule has 1 atom stereocenters. The molecule has 170 valence electrons. The third-order valence-corrected chi connectivity index (χ3v) is 6.31. The van der Waals surface area contributed by atoms with Gasteiger partial charge in [0, 0.05) is 17.8 Å². The maximum atomic E-state index is 13.3. The number of methoxy groups -OCH3 is 1. The molecule has 0 fully saturated rings. The molecule has 0 aliphatic heterocycles. The summed E-state index contributed by atoms with van der Waals surface area (Å²) >= 11 is 1.39. The normalized spacial score (nSPS) is 11.8. The minimum absolute atomic E-state index is 0.0206. The summed E-state index contributed by atoms with van der Waals surface area (Å²) < 4.78 is 12.8. The fourth-order valence-electron chi connectivity index (χ4n) is 3.53. The second kappa shape index (κ2) is 10.4. The highest BCUT2D eigenvalue weighted by molar-refractivity contribution is 8.00. The topological polar surface area (TPSA) is 73.4 Å². The molecule has 0 N–H and O–H groups in total. The van der Waals surface area contributed by atoms with Crippen molar-refractivity contribution in [2.45, 2.75) is 30.8 Å². The monoisotopic (exact) mass is 462 g/mol. The number of hydrogen-bond acceptors (Lipinski definition) is 6. The fourth-order valence-corrected chi connectivity index (χ4v) is 4.44. The van der Waals surface area contributed by atoms with E-state index in [-0.39, 0.29) is 11.2 Å². The van der Waals surface area contributed by atoms with Crippen LogP contribution < -0.4 is 9.64 Å². The first-order chi connectivity index (χ1) is 16.1. The van der Waals surface area contributed by atoms with Gasteiger partial charge in [0.25, 0.3) is 0 Å². The number of para-hydroxylation sites is 1. The molecule has 0 saturated heterocycles. The van der Waals surface area contributed by atoms with E-state index >= 15 is 0 Å². The van der Waals surface area contributed by atoms with Gasteiger partial charge in [-0.05, 0) is 62.4 Å². The number of ether oxygens (including phenoxy) is 1. The zero-order chi connectivity index (χ0) is 23.2. The van der Waals surface area contributed by atoms with E-state index < -0.39 is 0 Å². The van der Waals surface area contributed by atoms with Crippen molar-refractivity contribution >= 4 is 23.4 Å². The molecule has 8 heteroatoms. The molecular formula is C25H26N4O3S. The Morgan fingerprint density at radius 2 is 1.85 bits per heavy atom. The van der Waals surface area contributed by atoms with Crippen LogP contribution in [0.5, 0.6) is 5.75 Å². The number of amides is 1. The van der Waals surface area contributed by atoms with Gasteiger partial charge >= 0.3 is 0 Å². The van der Waals surface area contributed by atoms with Crippen molar-refractivity contribution in [3.05, 3.63) is 78.8 Å². The Balaban J connectivity index is 1.62. The predicted octanol–water partition coefficient (Wildman–Crippen LogP) is 5.13. The molecule has 0 radical (unpaired) electrons. The number of carbonyl (C=O) groups is 1. The average Bonchev–Trinajstić information content (AvgIpc) is 3.51. The highest BCUT2D eigenvalue weighted by Gasteiger charge is 2.25. The lowest BCUT2D eigenvalue weighted by atomic mass is 10.2. The summed E-state index contributed by atoms with van der Waals surface area (Å²) in [6.07, 6.45) is 1.64. The molecular weight excluding hydrogens is 436 g/mol. The minimum atomic E-state index is -0.353. The van der Waals surface area contributed by atoms with Gasteiger partial charge in [0.2, 0.25) is 5.91 Å². The smallest absolute Gasteiger partial charge is 0.240 e. The first-order valence-electron chi connectivity index (χ1n) is 10.7. The Hall–Kier alpha value is -3.52. The number of benzene rings is 2. The van der Waals surface area contributed by atoms with E-state index in [1.165, 1.54) is 11.8 Å². The van der Waals surface area contributed by atoms with E-state index in [0.717, 1.165) is 22.8 Å². The Labute approximate surface area is 197 Å². The molecule has 2 heterocycles. The Bertz CT molecular complexity index is 1170. The zero-order valence-corrected chi connectivity index (χ0v) is 19.7. The summed E-state index contributed by atoms with van der Waals surface area (Å²) in [5, 5.41) is 9.17. The van der Waals surface area contributed by atoms with Crippen molar-refractivity contribution in [2.24, 2.45) is 0 Å². The summed E-state index contributed by atoms with van der Waals surface area (Å²) in [6, 6.07) is 21.1. The van der Waals surface area contributed by atoms with Crippen molar-refractivity contribution in [1.29, 1.82) is 0 Å². The van der Waals surface area contributed by atoms with Gasteiger partial charge in [0.15, 0.2) is 11.0 Å². The van der Waals surface area contributed by atoms with Crippen LogP contribution in [0.3, 0.4) is 0 Å². The van der Waals surface area contributed by atoms with Crippen LogP contribution in [0.2, 0.25) is 0 Å². The summed E-state index contributed by atoms with van der Waals surface area (Å²) in [5.74, 6) is 2.27. The van der Waals surface area contributed by atoms with Crippen molar-refractivity contribution in [3.8, 4) is 17.1 Å². The van der Waals surface area contributed by atoms with Crippen LogP contribution in [0.1, 0.15) is 19.6 Å². The molecule has 33 heavy (non-hydrogen) atoms. The van der Waals surface area contributed by atoms with Crippen LogP contribution in [-0.4, -0.2) is 39.6 Å². The molecule has 0 saturated carbocycles. The largest absolute Gasteiger partial charge is 0.497 e. The standard InChI is InChI=1S/C25H26N4O3S/c1-4-28(20-9-6-5-7-10-20)24(30)18(2)33-25-27-26-23(19-12-14-21(31-3)15-13-19)29(25)17-22-11-8-16-32-22/h5-16,18H,4,17H2,1-3H3. The van der Waals surface area contributed by atoms with E-state index in [2.05, 4.69) is 10.2 Å². The lowest BCUT2D eigenvalue weighted by Gasteiger charge is -2.24. The van der Waals surface area contributed by atoms with Crippen LogP contribution >= 0.6 is 11.8 Å². The van der Waals surface area contributed by atoms with Crippen molar-refractivity contribution in [3.63, 3.8) is 0 Å². The van der Waals surface area contributed by atoms with Gasteiger partial charge in [-0.15, -0.1) is 10.2 Å². The number of aromatic nitrogens is 3. The van der Waals surface area contributed by atoms with Crippen LogP contribution in [-0.2, 0) is 11.3 Å². The minimum Gasteiger partial charge on any atom is -0.497 e. The quantitative estimate of drug-likeness (QED) is 0.321. The third kappa shape index (κ3) is 5.12. The molecule has 4 rings (SSSR count). The Morgan fingerprint density at radius 3 is 2.48 bits per heavy atom. The predicted molar refractivity (Wildman–Crippen MR) is 130 cm³/mol. The van der Waals surface area contributed by atoms with E-state index in [0.29, 0.717) is 24.1 Å². The molecule has 1 amide bonds. The first-order valence-corrected chi connectivity index (χ1v) is 11.6. The number of carbonyl (C=O) groups excluding carboxylic acids is 1. The highest BCUT2D eigenvalue weighted by atomic mass is 32.2. The molecule has 7 nitrogen and oxygen atoms in total. The van der Waals surface area contributed by atoms with Gasteiger partial charge in [-0.2, -0.15) is 0 Å². The van der Waals surface area contributed by atoms with E-state index in [4.69, 9.17) is 9.15 Å². The van der Waals surface area contributed by atoms with Gasteiger partial charge in [0.05, 0.1) is 25.2 Å². The number of rotatable bonds is 9. The van der Waals surface area contributed by atoms with Gasteiger partial charge in [-0.1, -0.05) is 30.0 Å². The number of hydrogen-bond donors (Lipinski definition) is 0.